The summed E-state index contributed by atoms with van der Waals surface area (Å²) in [5.74, 6) is -1.07. The van der Waals surface area contributed by atoms with E-state index >= 15 is 0 Å². The molecule has 0 unspecified atom stereocenters. The first kappa shape index (κ1) is 20.7. The second-order valence-electron chi connectivity index (χ2n) is 6.79. The number of hydrogen-bond donors (Lipinski definition) is 0. The van der Waals surface area contributed by atoms with Crippen molar-refractivity contribution < 1.29 is 22.5 Å². The van der Waals surface area contributed by atoms with E-state index in [1.54, 1.807) is 9.80 Å². The number of hydrogen-bond acceptors (Lipinski definition) is 6. The van der Waals surface area contributed by atoms with Gasteiger partial charge in [0.05, 0.1) is 15.6 Å². The predicted molar refractivity (Wildman–Crippen MR) is 105 cm³/mol. The Bertz CT molecular complexity index is 1050. The quantitative estimate of drug-likeness (QED) is 0.543. The van der Waals surface area contributed by atoms with E-state index in [1.165, 1.54) is 37.3 Å². The molecule has 1 heterocycles. The van der Waals surface area contributed by atoms with Crippen molar-refractivity contribution in [2.75, 3.05) is 31.1 Å². The summed E-state index contributed by atoms with van der Waals surface area (Å²) in [5.41, 5.74) is 0.251. The number of nitro groups is 1. The normalized spacial score (nSPS) is 14.7. The summed E-state index contributed by atoms with van der Waals surface area (Å²) in [6, 6.07) is 9.01. The van der Waals surface area contributed by atoms with E-state index in [-0.39, 0.29) is 22.1 Å². The molecule has 0 saturated carbocycles. The summed E-state index contributed by atoms with van der Waals surface area (Å²) >= 11 is 0. The highest BCUT2D eigenvalue weighted by Crippen LogP contribution is 2.32. The highest BCUT2D eigenvalue weighted by Gasteiger charge is 2.27. The van der Waals surface area contributed by atoms with E-state index in [1.807, 2.05) is 0 Å². The van der Waals surface area contributed by atoms with Crippen LogP contribution in [0.1, 0.15) is 12.5 Å². The Labute approximate surface area is 167 Å². The summed E-state index contributed by atoms with van der Waals surface area (Å²) in [7, 11) is -3.90. The SMILES string of the molecule is CC(=O)N1CCN(c2ccc(S(=O)(=O)Cc3cccc(F)c3)cc2[N+](=O)[O-])CC1. The van der Waals surface area contributed by atoms with Crippen molar-refractivity contribution >= 4 is 27.1 Å². The number of halogens is 1. The molecular formula is C19H20FN3O5S. The van der Waals surface area contributed by atoms with Gasteiger partial charge in [-0.1, -0.05) is 12.1 Å². The largest absolute Gasteiger partial charge is 0.362 e. The average Bonchev–Trinajstić information content (AvgIpc) is 2.67. The van der Waals surface area contributed by atoms with Crippen LogP contribution in [0.3, 0.4) is 0 Å². The molecule has 0 bridgehead atoms. The molecule has 0 N–H and O–H groups in total. The van der Waals surface area contributed by atoms with Gasteiger partial charge in [0.2, 0.25) is 5.91 Å². The van der Waals surface area contributed by atoms with Crippen LogP contribution in [0, 0.1) is 15.9 Å². The summed E-state index contributed by atoms with van der Waals surface area (Å²) in [4.78, 5) is 25.6. The smallest absolute Gasteiger partial charge is 0.293 e. The molecule has 1 aliphatic heterocycles. The fourth-order valence-electron chi connectivity index (χ4n) is 3.30. The molecule has 1 saturated heterocycles. The zero-order valence-corrected chi connectivity index (χ0v) is 16.6. The third kappa shape index (κ3) is 4.70. The van der Waals surface area contributed by atoms with Gasteiger partial charge in [0.15, 0.2) is 9.84 Å². The molecule has 10 heteroatoms. The molecular weight excluding hydrogens is 401 g/mol. The van der Waals surface area contributed by atoms with Gasteiger partial charge in [-0.05, 0) is 29.8 Å². The van der Waals surface area contributed by atoms with Gasteiger partial charge in [-0.2, -0.15) is 0 Å². The van der Waals surface area contributed by atoms with Crippen molar-refractivity contribution in [3.05, 3.63) is 64.0 Å². The fraction of sp³-hybridized carbons (Fsp3) is 0.316. The number of rotatable bonds is 5. The molecule has 154 valence electrons. The van der Waals surface area contributed by atoms with E-state index < -0.39 is 26.3 Å². The molecule has 29 heavy (non-hydrogen) atoms. The first-order valence-electron chi connectivity index (χ1n) is 8.93. The van der Waals surface area contributed by atoms with Crippen molar-refractivity contribution in [3.63, 3.8) is 0 Å². The maximum absolute atomic E-state index is 13.3. The van der Waals surface area contributed by atoms with Crippen LogP contribution in [-0.4, -0.2) is 50.3 Å². The van der Waals surface area contributed by atoms with Gasteiger partial charge in [-0.25, -0.2) is 12.8 Å². The van der Waals surface area contributed by atoms with E-state index in [4.69, 9.17) is 0 Å². The van der Waals surface area contributed by atoms with Crippen LogP contribution in [0.2, 0.25) is 0 Å². The summed E-state index contributed by atoms with van der Waals surface area (Å²) < 4.78 is 38.7. The molecule has 8 nitrogen and oxygen atoms in total. The van der Waals surface area contributed by atoms with Gasteiger partial charge < -0.3 is 9.80 Å². The summed E-state index contributed by atoms with van der Waals surface area (Å²) in [6.45, 7) is 3.17. The Morgan fingerprint density at radius 2 is 1.83 bits per heavy atom. The zero-order chi connectivity index (χ0) is 21.2. The van der Waals surface area contributed by atoms with Crippen molar-refractivity contribution in [3.8, 4) is 0 Å². The van der Waals surface area contributed by atoms with Crippen molar-refractivity contribution in [1.82, 2.24) is 4.90 Å². The van der Waals surface area contributed by atoms with E-state index in [9.17, 15) is 27.7 Å². The minimum atomic E-state index is -3.90. The second kappa shape index (κ2) is 8.16. The second-order valence-corrected chi connectivity index (χ2v) is 8.78. The van der Waals surface area contributed by atoms with Crippen molar-refractivity contribution in [1.29, 1.82) is 0 Å². The molecule has 1 fully saturated rings. The molecule has 1 amide bonds. The molecule has 0 spiro atoms. The minimum Gasteiger partial charge on any atom is -0.362 e. The lowest BCUT2D eigenvalue weighted by Gasteiger charge is -2.35. The number of piperazine rings is 1. The van der Waals surface area contributed by atoms with E-state index in [0.29, 0.717) is 31.9 Å². The standard InChI is InChI=1S/C19H20FN3O5S/c1-14(24)21-7-9-22(10-8-21)18-6-5-17(12-19(18)23(25)26)29(27,28)13-15-3-2-4-16(20)11-15/h2-6,11-12H,7-10,13H2,1H3. The van der Waals surface area contributed by atoms with E-state index in [2.05, 4.69) is 0 Å². The zero-order valence-electron chi connectivity index (χ0n) is 15.7. The molecule has 0 radical (unpaired) electrons. The minimum absolute atomic E-state index is 0.0575. The van der Waals surface area contributed by atoms with Gasteiger partial charge in [0.25, 0.3) is 5.69 Å². The van der Waals surface area contributed by atoms with Crippen LogP contribution in [0.25, 0.3) is 0 Å². The lowest BCUT2D eigenvalue weighted by atomic mass is 10.2. The van der Waals surface area contributed by atoms with Gasteiger partial charge in [0.1, 0.15) is 11.5 Å². The molecule has 3 rings (SSSR count). The predicted octanol–water partition coefficient (Wildman–Crippen LogP) is 2.38. The molecule has 1 aliphatic rings. The first-order valence-corrected chi connectivity index (χ1v) is 10.6. The van der Waals surface area contributed by atoms with Crippen LogP contribution < -0.4 is 4.90 Å². The molecule has 2 aromatic carbocycles. The monoisotopic (exact) mass is 421 g/mol. The lowest BCUT2D eigenvalue weighted by Crippen LogP contribution is -2.48. The first-order chi connectivity index (χ1) is 13.7. The Kier molecular flexibility index (Phi) is 5.83. The maximum Gasteiger partial charge on any atom is 0.293 e. The van der Waals surface area contributed by atoms with Crippen molar-refractivity contribution in [2.24, 2.45) is 0 Å². The van der Waals surface area contributed by atoms with Crippen molar-refractivity contribution in [2.45, 2.75) is 17.6 Å². The number of nitro benzene ring substituents is 1. The van der Waals surface area contributed by atoms with Gasteiger partial charge in [-0.3, -0.25) is 14.9 Å². The number of nitrogens with zero attached hydrogens (tertiary/aromatic N) is 3. The average molecular weight is 421 g/mol. The van der Waals surface area contributed by atoms with Crippen LogP contribution in [0.15, 0.2) is 47.4 Å². The molecule has 2 aromatic rings. The number of carbonyl (C=O) groups is 1. The van der Waals surface area contributed by atoms with Crippen LogP contribution >= 0.6 is 0 Å². The maximum atomic E-state index is 13.3. The van der Waals surface area contributed by atoms with Crippen LogP contribution in [0.5, 0.6) is 0 Å². The number of benzene rings is 2. The third-order valence-electron chi connectivity index (χ3n) is 4.81. The van der Waals surface area contributed by atoms with Crippen LogP contribution in [0.4, 0.5) is 15.8 Å². The lowest BCUT2D eigenvalue weighted by molar-refractivity contribution is -0.384. The fourth-order valence-corrected chi connectivity index (χ4v) is 4.65. The summed E-state index contributed by atoms with van der Waals surface area (Å²) in [6.07, 6.45) is 0. The van der Waals surface area contributed by atoms with E-state index in [0.717, 1.165) is 12.1 Å². The Hall–Kier alpha value is -3.01. The molecule has 0 aromatic heterocycles. The summed E-state index contributed by atoms with van der Waals surface area (Å²) in [5, 5.41) is 11.6. The highest BCUT2D eigenvalue weighted by molar-refractivity contribution is 7.90. The molecule has 0 atom stereocenters. The highest BCUT2D eigenvalue weighted by atomic mass is 32.2. The van der Waals surface area contributed by atoms with Gasteiger partial charge >= 0.3 is 0 Å². The Balaban J connectivity index is 1.88. The third-order valence-corrected chi connectivity index (χ3v) is 6.50. The Morgan fingerprint density at radius 1 is 1.14 bits per heavy atom. The Morgan fingerprint density at radius 3 is 2.41 bits per heavy atom. The number of sulfone groups is 1. The van der Waals surface area contributed by atoms with Gasteiger partial charge in [0, 0.05) is 39.2 Å². The van der Waals surface area contributed by atoms with Crippen LogP contribution in [-0.2, 0) is 20.4 Å². The van der Waals surface area contributed by atoms with Gasteiger partial charge in [-0.15, -0.1) is 0 Å². The number of amides is 1. The molecule has 0 aliphatic carbocycles. The number of carbonyl (C=O) groups excluding carboxylic acids is 1. The topological polar surface area (TPSA) is 101 Å². The number of anilines is 1.